The van der Waals surface area contributed by atoms with E-state index in [1.807, 2.05) is 12.1 Å². The summed E-state index contributed by atoms with van der Waals surface area (Å²) in [5.74, 6) is 0.757. The van der Waals surface area contributed by atoms with E-state index in [0.29, 0.717) is 6.04 Å². The maximum atomic E-state index is 5.97. The van der Waals surface area contributed by atoms with Gasteiger partial charge in [0.05, 0.1) is 12.8 Å². The van der Waals surface area contributed by atoms with E-state index >= 15 is 0 Å². The lowest BCUT2D eigenvalue weighted by atomic mass is 10.0. The molecule has 0 bridgehead atoms. The van der Waals surface area contributed by atoms with Gasteiger partial charge in [0.15, 0.2) is 0 Å². The Morgan fingerprint density at radius 2 is 2.05 bits per heavy atom. The van der Waals surface area contributed by atoms with Gasteiger partial charge in [0.2, 0.25) is 0 Å². The highest BCUT2D eigenvalue weighted by molar-refractivity contribution is 5.54. The number of nitrogens with zero attached hydrogens (tertiary/aromatic N) is 2. The highest BCUT2D eigenvalue weighted by Crippen LogP contribution is 2.24. The van der Waals surface area contributed by atoms with Crippen LogP contribution in [0.2, 0.25) is 0 Å². The van der Waals surface area contributed by atoms with E-state index in [1.165, 1.54) is 38.0 Å². The molecular weight excluding hydrogens is 250 g/mol. The molecule has 0 saturated carbocycles. The summed E-state index contributed by atoms with van der Waals surface area (Å²) in [6, 6.07) is 6.77. The van der Waals surface area contributed by atoms with Gasteiger partial charge in [0, 0.05) is 12.6 Å². The zero-order valence-electron chi connectivity index (χ0n) is 12.9. The van der Waals surface area contributed by atoms with E-state index in [0.717, 1.165) is 18.0 Å². The number of hydrogen-bond donors (Lipinski definition) is 1. The molecule has 1 fully saturated rings. The Kier molecular flexibility index (Phi) is 5.26. The third kappa shape index (κ3) is 3.64. The summed E-state index contributed by atoms with van der Waals surface area (Å²) in [7, 11) is 3.87. The number of ether oxygens (including phenoxy) is 1. The third-order valence-corrected chi connectivity index (χ3v) is 4.35. The smallest absolute Gasteiger partial charge is 0.141 e. The molecule has 112 valence electrons. The van der Waals surface area contributed by atoms with Gasteiger partial charge in [-0.2, -0.15) is 0 Å². The fourth-order valence-electron chi connectivity index (χ4n) is 2.98. The average Bonchev–Trinajstić information content (AvgIpc) is 2.47. The molecule has 0 atom stereocenters. The molecule has 0 unspecified atom stereocenters. The topological polar surface area (TPSA) is 41.7 Å². The Labute approximate surface area is 122 Å². The molecule has 0 aromatic heterocycles. The Bertz CT molecular complexity index is 428. The van der Waals surface area contributed by atoms with Crippen LogP contribution >= 0.6 is 0 Å². The van der Waals surface area contributed by atoms with Crippen molar-refractivity contribution in [2.24, 2.45) is 0 Å². The van der Waals surface area contributed by atoms with Gasteiger partial charge in [-0.1, -0.05) is 13.0 Å². The quantitative estimate of drug-likeness (QED) is 0.838. The van der Waals surface area contributed by atoms with E-state index < -0.39 is 0 Å². The summed E-state index contributed by atoms with van der Waals surface area (Å²) in [6.07, 6.45) is 2.52. The lowest BCUT2D eigenvalue weighted by Crippen LogP contribution is -2.42. The van der Waals surface area contributed by atoms with Crippen molar-refractivity contribution in [1.82, 2.24) is 9.80 Å². The van der Waals surface area contributed by atoms with Gasteiger partial charge < -0.3 is 15.4 Å². The minimum Gasteiger partial charge on any atom is -0.495 e. The molecule has 2 N–H and O–H groups in total. The predicted octanol–water partition coefficient (Wildman–Crippen LogP) is 2.19. The number of methoxy groups -OCH3 is 1. The number of likely N-dealkylation sites (tertiary alicyclic amines) is 1. The number of anilines is 1. The van der Waals surface area contributed by atoms with Crippen molar-refractivity contribution in [3.8, 4) is 5.75 Å². The highest BCUT2D eigenvalue weighted by atomic mass is 16.5. The van der Waals surface area contributed by atoms with Gasteiger partial charge in [0.1, 0.15) is 5.75 Å². The fraction of sp³-hybridized carbons (Fsp3) is 0.625. The van der Waals surface area contributed by atoms with E-state index in [4.69, 9.17) is 10.5 Å². The van der Waals surface area contributed by atoms with Crippen LogP contribution in [-0.4, -0.2) is 49.6 Å². The Morgan fingerprint density at radius 3 is 2.60 bits per heavy atom. The number of hydrogen-bond acceptors (Lipinski definition) is 4. The van der Waals surface area contributed by atoms with Crippen LogP contribution < -0.4 is 10.5 Å². The van der Waals surface area contributed by atoms with Crippen molar-refractivity contribution in [2.75, 3.05) is 39.5 Å². The van der Waals surface area contributed by atoms with E-state index in [1.54, 1.807) is 7.11 Å². The van der Waals surface area contributed by atoms with Gasteiger partial charge in [-0.25, -0.2) is 0 Å². The first-order chi connectivity index (χ1) is 9.63. The Hall–Kier alpha value is -1.26. The molecule has 0 radical (unpaired) electrons. The number of piperidine rings is 1. The van der Waals surface area contributed by atoms with E-state index in [2.05, 4.69) is 29.8 Å². The molecule has 0 amide bonds. The monoisotopic (exact) mass is 277 g/mol. The summed E-state index contributed by atoms with van der Waals surface area (Å²) in [5.41, 5.74) is 7.95. The molecule has 1 aliphatic rings. The highest BCUT2D eigenvalue weighted by Gasteiger charge is 2.21. The van der Waals surface area contributed by atoms with Crippen molar-refractivity contribution in [3.63, 3.8) is 0 Å². The maximum absolute atomic E-state index is 5.97. The van der Waals surface area contributed by atoms with Gasteiger partial charge in [-0.05, 0) is 57.2 Å². The summed E-state index contributed by atoms with van der Waals surface area (Å²) in [6.45, 7) is 6.80. The molecule has 1 aromatic rings. The van der Waals surface area contributed by atoms with Gasteiger partial charge >= 0.3 is 0 Å². The number of rotatable bonds is 5. The zero-order chi connectivity index (χ0) is 14.5. The second-order valence-electron chi connectivity index (χ2n) is 5.66. The van der Waals surface area contributed by atoms with Crippen LogP contribution in [0.1, 0.15) is 25.3 Å². The van der Waals surface area contributed by atoms with Crippen LogP contribution in [0.15, 0.2) is 18.2 Å². The standard InChI is InChI=1S/C16H27N3O/c1-4-19-9-7-14(8-10-19)18(2)12-13-5-6-16(20-3)15(17)11-13/h5-6,11,14H,4,7-10,12,17H2,1-3H3. The van der Waals surface area contributed by atoms with E-state index in [-0.39, 0.29) is 0 Å². The molecule has 0 aliphatic carbocycles. The summed E-state index contributed by atoms with van der Waals surface area (Å²) < 4.78 is 5.20. The molecular formula is C16H27N3O. The normalized spacial score (nSPS) is 17.6. The van der Waals surface area contributed by atoms with Crippen molar-refractivity contribution in [2.45, 2.75) is 32.4 Å². The minimum atomic E-state index is 0.682. The van der Waals surface area contributed by atoms with Crippen molar-refractivity contribution >= 4 is 5.69 Å². The Balaban J connectivity index is 1.91. The van der Waals surface area contributed by atoms with Crippen LogP contribution in [-0.2, 0) is 6.54 Å². The molecule has 0 spiro atoms. The van der Waals surface area contributed by atoms with Crippen LogP contribution in [0.5, 0.6) is 5.75 Å². The first kappa shape index (κ1) is 15.1. The van der Waals surface area contributed by atoms with Crippen molar-refractivity contribution in [1.29, 1.82) is 0 Å². The van der Waals surface area contributed by atoms with Gasteiger partial charge in [-0.15, -0.1) is 0 Å². The minimum absolute atomic E-state index is 0.682. The zero-order valence-corrected chi connectivity index (χ0v) is 12.9. The number of benzene rings is 1. The Morgan fingerprint density at radius 1 is 1.35 bits per heavy atom. The molecule has 1 saturated heterocycles. The fourth-order valence-corrected chi connectivity index (χ4v) is 2.98. The van der Waals surface area contributed by atoms with Crippen LogP contribution in [0, 0.1) is 0 Å². The van der Waals surface area contributed by atoms with Crippen molar-refractivity contribution in [3.05, 3.63) is 23.8 Å². The molecule has 4 heteroatoms. The predicted molar refractivity (Wildman–Crippen MR) is 84.0 cm³/mol. The lowest BCUT2D eigenvalue weighted by Gasteiger charge is -2.36. The van der Waals surface area contributed by atoms with Crippen LogP contribution in [0.3, 0.4) is 0 Å². The largest absolute Gasteiger partial charge is 0.495 e. The number of nitrogen functional groups attached to an aromatic ring is 1. The van der Waals surface area contributed by atoms with Crippen LogP contribution in [0.25, 0.3) is 0 Å². The lowest BCUT2D eigenvalue weighted by molar-refractivity contribution is 0.127. The molecule has 2 rings (SSSR count). The summed E-state index contributed by atoms with van der Waals surface area (Å²) in [4.78, 5) is 4.98. The summed E-state index contributed by atoms with van der Waals surface area (Å²) in [5, 5.41) is 0. The second kappa shape index (κ2) is 6.95. The third-order valence-electron chi connectivity index (χ3n) is 4.35. The SMILES string of the molecule is CCN1CCC(N(C)Cc2ccc(OC)c(N)c2)CC1. The van der Waals surface area contributed by atoms with Gasteiger partial charge in [0.25, 0.3) is 0 Å². The first-order valence-corrected chi connectivity index (χ1v) is 7.49. The van der Waals surface area contributed by atoms with Gasteiger partial charge in [-0.3, -0.25) is 4.90 Å². The summed E-state index contributed by atoms with van der Waals surface area (Å²) >= 11 is 0. The molecule has 1 aliphatic heterocycles. The molecule has 1 aromatic carbocycles. The van der Waals surface area contributed by atoms with E-state index in [9.17, 15) is 0 Å². The van der Waals surface area contributed by atoms with Crippen molar-refractivity contribution < 1.29 is 4.74 Å². The molecule has 1 heterocycles. The second-order valence-corrected chi connectivity index (χ2v) is 5.66. The maximum Gasteiger partial charge on any atom is 0.141 e. The molecule has 4 nitrogen and oxygen atoms in total. The average molecular weight is 277 g/mol. The number of nitrogens with two attached hydrogens (primary N) is 1. The molecule has 20 heavy (non-hydrogen) atoms. The first-order valence-electron chi connectivity index (χ1n) is 7.49. The van der Waals surface area contributed by atoms with Crippen LogP contribution in [0.4, 0.5) is 5.69 Å².